The molecule has 0 aromatic carbocycles. The third-order valence-corrected chi connectivity index (χ3v) is 1.45. The third-order valence-electron chi connectivity index (χ3n) is 1.45. The molecule has 0 amide bonds. The summed E-state index contributed by atoms with van der Waals surface area (Å²) in [5, 5.41) is 16.4. The number of carbonyl (C=O) groups is 1. The molecule has 0 aromatic rings. The highest BCUT2D eigenvalue weighted by atomic mass is 16.4. The van der Waals surface area contributed by atoms with Gasteiger partial charge in [0, 0.05) is 12.5 Å². The maximum atomic E-state index is 10.1. The summed E-state index contributed by atoms with van der Waals surface area (Å²) in [6.45, 7) is 0. The monoisotopic (exact) mass is 167 g/mol. The van der Waals surface area contributed by atoms with Crippen LogP contribution in [0.4, 0.5) is 0 Å². The second kappa shape index (κ2) is 7.80. The zero-order chi connectivity index (χ0) is 9.23. The lowest BCUT2D eigenvalue weighted by Crippen LogP contribution is -1.93. The van der Waals surface area contributed by atoms with E-state index in [2.05, 4.69) is 0 Å². The Morgan fingerprint density at radius 3 is 2.75 bits per heavy atom. The van der Waals surface area contributed by atoms with Crippen molar-refractivity contribution in [2.24, 2.45) is 0 Å². The largest absolute Gasteiger partial charge is 0.481 e. The van der Waals surface area contributed by atoms with Crippen molar-refractivity contribution >= 4 is 5.97 Å². The van der Waals surface area contributed by atoms with Gasteiger partial charge in [0.1, 0.15) is 0 Å². The molecule has 0 unspecified atom stereocenters. The normalized spacial score (nSPS) is 9.92. The van der Waals surface area contributed by atoms with E-state index in [1.54, 1.807) is 6.08 Å². The van der Waals surface area contributed by atoms with Gasteiger partial charge >= 0.3 is 5.97 Å². The maximum Gasteiger partial charge on any atom is 0.303 e. The lowest BCUT2D eigenvalue weighted by Gasteiger charge is -1.93. The molecule has 0 aromatic heterocycles. The van der Waals surface area contributed by atoms with E-state index in [0.29, 0.717) is 0 Å². The first-order valence-electron chi connectivity index (χ1n) is 4.04. The Bertz CT molecular complexity index is 191. The summed E-state index contributed by atoms with van der Waals surface area (Å²) in [5.74, 6) is -0.734. The van der Waals surface area contributed by atoms with Gasteiger partial charge in [0.05, 0.1) is 6.07 Å². The van der Waals surface area contributed by atoms with E-state index in [1.165, 1.54) is 6.08 Å². The molecule has 0 aliphatic heterocycles. The maximum absolute atomic E-state index is 10.1. The summed E-state index contributed by atoms with van der Waals surface area (Å²) < 4.78 is 0. The molecule has 0 heterocycles. The molecule has 0 radical (unpaired) electrons. The quantitative estimate of drug-likeness (QED) is 0.486. The van der Waals surface area contributed by atoms with Gasteiger partial charge in [-0.05, 0) is 19.3 Å². The number of hydrogen-bond acceptors (Lipinski definition) is 2. The number of aliphatic carboxylic acids is 1. The minimum absolute atomic E-state index is 0.252. The van der Waals surface area contributed by atoms with Crippen LogP contribution in [-0.4, -0.2) is 11.1 Å². The molecule has 0 atom stereocenters. The van der Waals surface area contributed by atoms with E-state index in [-0.39, 0.29) is 6.42 Å². The first-order valence-corrected chi connectivity index (χ1v) is 4.04. The number of rotatable bonds is 6. The molecule has 0 aliphatic carbocycles. The third kappa shape index (κ3) is 8.70. The standard InChI is InChI=1S/C9H13NO2/c10-8-6-4-2-1-3-5-7-9(11)12/h4,6H,1-3,5,7H2,(H,11,12). The Kier molecular flexibility index (Phi) is 6.96. The minimum Gasteiger partial charge on any atom is -0.481 e. The van der Waals surface area contributed by atoms with E-state index in [1.807, 2.05) is 6.07 Å². The summed E-state index contributed by atoms with van der Waals surface area (Å²) >= 11 is 0. The van der Waals surface area contributed by atoms with Crippen LogP contribution in [0.3, 0.4) is 0 Å². The Labute approximate surface area is 72.3 Å². The average Bonchev–Trinajstić information content (AvgIpc) is 2.02. The Balaban J connectivity index is 3.07. The lowest BCUT2D eigenvalue weighted by atomic mass is 10.1. The van der Waals surface area contributed by atoms with Gasteiger partial charge in [-0.1, -0.05) is 12.5 Å². The van der Waals surface area contributed by atoms with Gasteiger partial charge in [0.25, 0.3) is 0 Å². The Morgan fingerprint density at radius 2 is 2.17 bits per heavy atom. The van der Waals surface area contributed by atoms with Crippen LogP contribution < -0.4 is 0 Å². The van der Waals surface area contributed by atoms with Gasteiger partial charge in [-0.15, -0.1) is 0 Å². The molecule has 0 spiro atoms. The lowest BCUT2D eigenvalue weighted by molar-refractivity contribution is -0.137. The highest BCUT2D eigenvalue weighted by Gasteiger charge is 1.94. The predicted molar refractivity (Wildman–Crippen MR) is 45.5 cm³/mol. The number of nitrogens with zero attached hydrogens (tertiary/aromatic N) is 1. The second-order valence-electron chi connectivity index (χ2n) is 2.52. The van der Waals surface area contributed by atoms with Gasteiger partial charge in [-0.3, -0.25) is 4.79 Å². The van der Waals surface area contributed by atoms with Gasteiger partial charge in [0.15, 0.2) is 0 Å². The fourth-order valence-electron chi connectivity index (χ4n) is 0.851. The van der Waals surface area contributed by atoms with E-state index in [9.17, 15) is 4.79 Å². The van der Waals surface area contributed by atoms with E-state index in [0.717, 1.165) is 25.7 Å². The van der Waals surface area contributed by atoms with Crippen molar-refractivity contribution < 1.29 is 9.90 Å². The van der Waals surface area contributed by atoms with Crippen LogP contribution >= 0.6 is 0 Å². The molecule has 3 nitrogen and oxygen atoms in total. The van der Waals surface area contributed by atoms with Crippen LogP contribution in [0.15, 0.2) is 12.2 Å². The smallest absolute Gasteiger partial charge is 0.303 e. The molecule has 0 fully saturated rings. The van der Waals surface area contributed by atoms with Crippen molar-refractivity contribution in [3.63, 3.8) is 0 Å². The summed E-state index contributed by atoms with van der Waals surface area (Å²) in [6.07, 6.45) is 7.00. The molecule has 0 bridgehead atoms. The minimum atomic E-state index is -0.734. The Morgan fingerprint density at radius 1 is 1.42 bits per heavy atom. The van der Waals surface area contributed by atoms with E-state index < -0.39 is 5.97 Å². The molecule has 0 aliphatic rings. The van der Waals surface area contributed by atoms with Gasteiger partial charge in [-0.2, -0.15) is 5.26 Å². The summed E-state index contributed by atoms with van der Waals surface area (Å²) in [7, 11) is 0. The molecular weight excluding hydrogens is 154 g/mol. The first-order chi connectivity index (χ1) is 5.77. The predicted octanol–water partition coefficient (Wildman–Crippen LogP) is 2.10. The van der Waals surface area contributed by atoms with Crippen molar-refractivity contribution in [1.82, 2.24) is 0 Å². The summed E-state index contributed by atoms with van der Waals surface area (Å²) in [5.41, 5.74) is 0. The fourth-order valence-corrected chi connectivity index (χ4v) is 0.851. The number of hydrogen-bond donors (Lipinski definition) is 1. The summed E-state index contributed by atoms with van der Waals surface area (Å²) in [4.78, 5) is 10.1. The number of nitriles is 1. The van der Waals surface area contributed by atoms with Crippen LogP contribution in [0.1, 0.15) is 32.1 Å². The van der Waals surface area contributed by atoms with Crippen molar-refractivity contribution in [1.29, 1.82) is 5.26 Å². The highest BCUT2D eigenvalue weighted by molar-refractivity contribution is 5.66. The van der Waals surface area contributed by atoms with E-state index in [4.69, 9.17) is 10.4 Å². The molecule has 1 N–H and O–H groups in total. The second-order valence-corrected chi connectivity index (χ2v) is 2.52. The molecule has 66 valence electrons. The molecule has 0 saturated carbocycles. The zero-order valence-electron chi connectivity index (χ0n) is 6.99. The van der Waals surface area contributed by atoms with Gasteiger partial charge < -0.3 is 5.11 Å². The number of unbranched alkanes of at least 4 members (excludes halogenated alkanes) is 3. The molecule has 3 heteroatoms. The van der Waals surface area contributed by atoms with Crippen molar-refractivity contribution in [3.05, 3.63) is 12.2 Å². The van der Waals surface area contributed by atoms with Crippen molar-refractivity contribution in [2.45, 2.75) is 32.1 Å². The average molecular weight is 167 g/mol. The van der Waals surface area contributed by atoms with Crippen molar-refractivity contribution in [3.8, 4) is 6.07 Å². The number of carboxylic acids is 1. The fraction of sp³-hybridized carbons (Fsp3) is 0.556. The summed E-state index contributed by atoms with van der Waals surface area (Å²) in [6, 6.07) is 1.90. The number of carboxylic acid groups (broad SMARTS) is 1. The molecular formula is C9H13NO2. The number of allylic oxidation sites excluding steroid dienone is 2. The first kappa shape index (κ1) is 10.7. The van der Waals surface area contributed by atoms with Crippen molar-refractivity contribution in [2.75, 3.05) is 0 Å². The van der Waals surface area contributed by atoms with Crippen LogP contribution in [0.5, 0.6) is 0 Å². The topological polar surface area (TPSA) is 61.1 Å². The van der Waals surface area contributed by atoms with Crippen LogP contribution in [0.2, 0.25) is 0 Å². The highest BCUT2D eigenvalue weighted by Crippen LogP contribution is 2.03. The van der Waals surface area contributed by atoms with Crippen LogP contribution in [-0.2, 0) is 4.79 Å². The van der Waals surface area contributed by atoms with Gasteiger partial charge in [0.2, 0.25) is 0 Å². The molecule has 0 rings (SSSR count). The van der Waals surface area contributed by atoms with Crippen LogP contribution in [0.25, 0.3) is 0 Å². The SMILES string of the molecule is N#CC=CCCCCCC(=O)O. The molecule has 12 heavy (non-hydrogen) atoms. The van der Waals surface area contributed by atoms with Crippen LogP contribution in [0, 0.1) is 11.3 Å². The van der Waals surface area contributed by atoms with Gasteiger partial charge in [-0.25, -0.2) is 0 Å². The Hall–Kier alpha value is -1.30. The van der Waals surface area contributed by atoms with E-state index >= 15 is 0 Å². The zero-order valence-corrected chi connectivity index (χ0v) is 6.99. The molecule has 0 saturated heterocycles.